The van der Waals surface area contributed by atoms with Crippen LogP contribution in [-0.2, 0) is 0 Å². The van der Waals surface area contributed by atoms with Gasteiger partial charge in [0.1, 0.15) is 11.5 Å². The number of hydrogen-bond donors (Lipinski definition) is 1. The molecule has 0 bridgehead atoms. The Balaban J connectivity index is 1.42. The summed E-state index contributed by atoms with van der Waals surface area (Å²) < 4.78 is 10.5. The van der Waals surface area contributed by atoms with Crippen molar-refractivity contribution in [2.24, 2.45) is 0 Å². The molecule has 27 heavy (non-hydrogen) atoms. The van der Waals surface area contributed by atoms with Crippen LogP contribution < -0.4 is 19.7 Å². The lowest BCUT2D eigenvalue weighted by Gasteiger charge is -2.36. The lowest BCUT2D eigenvalue weighted by molar-refractivity contribution is 0.0944. The summed E-state index contributed by atoms with van der Waals surface area (Å²) in [4.78, 5) is 17.1. The zero-order valence-electron chi connectivity index (χ0n) is 16.0. The monoisotopic (exact) mass is 369 g/mol. The first-order chi connectivity index (χ1) is 13.2. The minimum Gasteiger partial charge on any atom is -0.497 e. The van der Waals surface area contributed by atoms with E-state index in [-0.39, 0.29) is 5.91 Å². The number of carbonyl (C=O) groups is 1. The number of amides is 1. The van der Waals surface area contributed by atoms with Gasteiger partial charge in [-0.15, -0.1) is 0 Å². The molecule has 0 atom stereocenters. The van der Waals surface area contributed by atoms with Gasteiger partial charge in [-0.1, -0.05) is 12.1 Å². The summed E-state index contributed by atoms with van der Waals surface area (Å²) in [6.45, 7) is 5.39. The SMILES string of the molecule is COc1ccc(N2CCN(CCNC(=O)c3ccccc3OC)CC2)cc1. The maximum absolute atomic E-state index is 12.3. The molecule has 6 heteroatoms. The van der Waals surface area contributed by atoms with Gasteiger partial charge in [-0.25, -0.2) is 0 Å². The van der Waals surface area contributed by atoms with Crippen LogP contribution in [0.15, 0.2) is 48.5 Å². The predicted molar refractivity (Wildman–Crippen MR) is 107 cm³/mol. The molecule has 0 saturated carbocycles. The minimum absolute atomic E-state index is 0.0932. The average molecular weight is 369 g/mol. The number of anilines is 1. The van der Waals surface area contributed by atoms with Gasteiger partial charge in [0.15, 0.2) is 0 Å². The third-order valence-electron chi connectivity index (χ3n) is 4.88. The van der Waals surface area contributed by atoms with E-state index in [0.29, 0.717) is 17.9 Å². The summed E-state index contributed by atoms with van der Waals surface area (Å²) in [5.41, 5.74) is 1.80. The minimum atomic E-state index is -0.0932. The lowest BCUT2D eigenvalue weighted by Crippen LogP contribution is -2.48. The van der Waals surface area contributed by atoms with Crippen molar-refractivity contribution >= 4 is 11.6 Å². The Bertz CT molecular complexity index is 741. The Morgan fingerprint density at radius 1 is 0.963 bits per heavy atom. The molecule has 0 aliphatic carbocycles. The van der Waals surface area contributed by atoms with E-state index in [1.807, 2.05) is 24.3 Å². The van der Waals surface area contributed by atoms with Crippen molar-refractivity contribution in [2.75, 3.05) is 58.4 Å². The van der Waals surface area contributed by atoms with Crippen LogP contribution in [0.25, 0.3) is 0 Å². The van der Waals surface area contributed by atoms with Crippen molar-refractivity contribution in [3.05, 3.63) is 54.1 Å². The van der Waals surface area contributed by atoms with Gasteiger partial charge in [-0.3, -0.25) is 9.69 Å². The van der Waals surface area contributed by atoms with Gasteiger partial charge in [-0.05, 0) is 36.4 Å². The number of nitrogens with zero attached hydrogens (tertiary/aromatic N) is 2. The van der Waals surface area contributed by atoms with Crippen molar-refractivity contribution < 1.29 is 14.3 Å². The van der Waals surface area contributed by atoms with Crippen LogP contribution in [-0.4, -0.2) is 64.3 Å². The summed E-state index contributed by atoms with van der Waals surface area (Å²) in [6, 6.07) is 15.5. The molecular weight excluding hydrogens is 342 g/mol. The topological polar surface area (TPSA) is 54.0 Å². The molecule has 0 radical (unpaired) electrons. The third-order valence-corrected chi connectivity index (χ3v) is 4.88. The van der Waals surface area contributed by atoms with Gasteiger partial charge >= 0.3 is 0 Å². The van der Waals surface area contributed by atoms with E-state index in [9.17, 15) is 4.79 Å². The second kappa shape index (κ2) is 9.28. The predicted octanol–water partition coefficient (Wildman–Crippen LogP) is 2.26. The van der Waals surface area contributed by atoms with E-state index < -0.39 is 0 Å². The first-order valence-corrected chi connectivity index (χ1v) is 9.24. The van der Waals surface area contributed by atoms with E-state index in [4.69, 9.17) is 9.47 Å². The number of nitrogens with one attached hydrogen (secondary N) is 1. The molecule has 6 nitrogen and oxygen atoms in total. The lowest BCUT2D eigenvalue weighted by atomic mass is 10.2. The molecule has 0 unspecified atom stereocenters. The first kappa shape index (κ1) is 19.0. The number of benzene rings is 2. The zero-order chi connectivity index (χ0) is 19.1. The van der Waals surface area contributed by atoms with Crippen molar-refractivity contribution in [1.29, 1.82) is 0 Å². The van der Waals surface area contributed by atoms with Crippen LogP contribution in [0.2, 0.25) is 0 Å². The highest BCUT2D eigenvalue weighted by Gasteiger charge is 2.17. The number of para-hydroxylation sites is 1. The molecule has 1 saturated heterocycles. The van der Waals surface area contributed by atoms with E-state index in [1.54, 1.807) is 26.4 Å². The molecule has 1 amide bonds. The highest BCUT2D eigenvalue weighted by atomic mass is 16.5. The van der Waals surface area contributed by atoms with Crippen LogP contribution in [0.4, 0.5) is 5.69 Å². The maximum atomic E-state index is 12.3. The van der Waals surface area contributed by atoms with E-state index >= 15 is 0 Å². The van der Waals surface area contributed by atoms with E-state index in [2.05, 4.69) is 27.2 Å². The number of carbonyl (C=O) groups excluding carboxylic acids is 1. The smallest absolute Gasteiger partial charge is 0.255 e. The molecule has 1 heterocycles. The largest absolute Gasteiger partial charge is 0.497 e. The van der Waals surface area contributed by atoms with Crippen molar-refractivity contribution in [2.45, 2.75) is 0 Å². The number of hydrogen-bond acceptors (Lipinski definition) is 5. The summed E-state index contributed by atoms with van der Waals surface area (Å²) in [6.07, 6.45) is 0. The molecule has 2 aromatic carbocycles. The number of piperazine rings is 1. The highest BCUT2D eigenvalue weighted by molar-refractivity contribution is 5.96. The Morgan fingerprint density at radius 2 is 1.67 bits per heavy atom. The van der Waals surface area contributed by atoms with Crippen LogP contribution >= 0.6 is 0 Å². The molecular formula is C21H27N3O3. The fraction of sp³-hybridized carbons (Fsp3) is 0.381. The molecule has 1 N–H and O–H groups in total. The standard InChI is InChI=1S/C21H27N3O3/c1-26-18-9-7-17(8-10-18)24-15-13-23(14-16-24)12-11-22-21(25)19-5-3-4-6-20(19)27-2/h3-10H,11-16H2,1-2H3,(H,22,25). The van der Waals surface area contributed by atoms with Gasteiger partial charge in [0.25, 0.3) is 5.91 Å². The number of ether oxygens (including phenoxy) is 2. The molecule has 1 fully saturated rings. The quantitative estimate of drug-likeness (QED) is 0.811. The summed E-state index contributed by atoms with van der Waals surface area (Å²) in [7, 11) is 3.26. The zero-order valence-corrected chi connectivity index (χ0v) is 16.0. The van der Waals surface area contributed by atoms with Gasteiger partial charge in [0.2, 0.25) is 0 Å². The van der Waals surface area contributed by atoms with Gasteiger partial charge < -0.3 is 19.7 Å². The highest BCUT2D eigenvalue weighted by Crippen LogP contribution is 2.20. The normalized spacial score (nSPS) is 14.7. The van der Waals surface area contributed by atoms with Gasteiger partial charge in [0, 0.05) is 45.0 Å². The molecule has 1 aliphatic rings. The van der Waals surface area contributed by atoms with Crippen LogP contribution in [0.5, 0.6) is 11.5 Å². The number of methoxy groups -OCH3 is 2. The molecule has 144 valence electrons. The second-order valence-electron chi connectivity index (χ2n) is 6.48. The van der Waals surface area contributed by atoms with Crippen LogP contribution in [0.1, 0.15) is 10.4 Å². The van der Waals surface area contributed by atoms with Crippen molar-refractivity contribution in [3.63, 3.8) is 0 Å². The molecule has 3 rings (SSSR count). The molecule has 0 aromatic heterocycles. The average Bonchev–Trinajstić information content (AvgIpc) is 2.74. The van der Waals surface area contributed by atoms with Crippen molar-refractivity contribution in [1.82, 2.24) is 10.2 Å². The summed E-state index contributed by atoms with van der Waals surface area (Å²) in [5.74, 6) is 1.38. The Kier molecular flexibility index (Phi) is 6.54. The fourth-order valence-electron chi connectivity index (χ4n) is 3.28. The maximum Gasteiger partial charge on any atom is 0.255 e. The fourth-order valence-corrected chi connectivity index (χ4v) is 3.28. The Labute approximate surface area is 160 Å². The van der Waals surface area contributed by atoms with Crippen LogP contribution in [0.3, 0.4) is 0 Å². The van der Waals surface area contributed by atoms with E-state index in [0.717, 1.165) is 38.5 Å². The third kappa shape index (κ3) is 4.92. The first-order valence-electron chi connectivity index (χ1n) is 9.24. The second-order valence-corrected chi connectivity index (χ2v) is 6.48. The molecule has 1 aliphatic heterocycles. The van der Waals surface area contributed by atoms with Gasteiger partial charge in [-0.2, -0.15) is 0 Å². The Morgan fingerprint density at radius 3 is 2.33 bits per heavy atom. The molecule has 2 aromatic rings. The summed E-state index contributed by atoms with van der Waals surface area (Å²) in [5, 5.41) is 2.99. The van der Waals surface area contributed by atoms with Gasteiger partial charge in [0.05, 0.1) is 19.8 Å². The Hall–Kier alpha value is -2.73. The van der Waals surface area contributed by atoms with Crippen LogP contribution in [0, 0.1) is 0 Å². The summed E-state index contributed by atoms with van der Waals surface area (Å²) >= 11 is 0. The molecule has 0 spiro atoms. The number of rotatable bonds is 7. The van der Waals surface area contributed by atoms with E-state index in [1.165, 1.54) is 5.69 Å². The van der Waals surface area contributed by atoms with Crippen molar-refractivity contribution in [3.8, 4) is 11.5 Å².